The molecule has 0 aromatic carbocycles. The molecule has 0 spiro atoms. The molecule has 1 fully saturated rings. The van der Waals surface area contributed by atoms with Gasteiger partial charge in [0.2, 0.25) is 0 Å². The van der Waals surface area contributed by atoms with E-state index in [-0.39, 0.29) is 5.92 Å². The number of aliphatic carboxylic acids is 1. The molecule has 0 bridgehead atoms. The normalized spacial score (nSPS) is 21.2. The van der Waals surface area contributed by atoms with E-state index in [4.69, 9.17) is 9.26 Å². The van der Waals surface area contributed by atoms with E-state index >= 15 is 0 Å². The van der Waals surface area contributed by atoms with Crippen molar-refractivity contribution in [1.82, 2.24) is 15.1 Å². The van der Waals surface area contributed by atoms with Crippen LogP contribution in [0.25, 0.3) is 0 Å². The summed E-state index contributed by atoms with van der Waals surface area (Å²) in [5.74, 6) is -0.0629. The van der Waals surface area contributed by atoms with Crippen LogP contribution in [-0.2, 0) is 11.2 Å². The van der Waals surface area contributed by atoms with E-state index in [0.717, 1.165) is 37.8 Å². The maximum Gasteiger partial charge on any atom is 0.316 e. The first-order valence-corrected chi connectivity index (χ1v) is 9.52. The highest BCUT2D eigenvalue weighted by Crippen LogP contribution is 2.37. The number of hydrogen-bond acceptors (Lipinski definition) is 6. The maximum atomic E-state index is 11.4. The summed E-state index contributed by atoms with van der Waals surface area (Å²) in [4.78, 5) is 19.9. The number of aromatic nitrogens is 3. The summed E-state index contributed by atoms with van der Waals surface area (Å²) in [5, 5.41) is 13.5. The standard InChI is InChI=1S/C20H27N3O4/c1-12(2)18(19(24)25)17-9-16(23-27-17)8-13-4-6-14(7-5-13)15-10-21-20(26-3)22-11-15/h9-14,18H,4-8H2,1-3H3,(H,24,25). The molecule has 2 heterocycles. The number of carboxylic acid groups (broad SMARTS) is 1. The Balaban J connectivity index is 1.55. The number of hydrogen-bond donors (Lipinski definition) is 1. The van der Waals surface area contributed by atoms with Crippen LogP contribution in [0.3, 0.4) is 0 Å². The summed E-state index contributed by atoms with van der Waals surface area (Å²) in [6.45, 7) is 3.76. The molecule has 0 amide bonds. The molecule has 3 rings (SSSR count). The van der Waals surface area contributed by atoms with Crippen LogP contribution < -0.4 is 4.74 Å². The largest absolute Gasteiger partial charge is 0.481 e. The minimum atomic E-state index is -0.866. The van der Waals surface area contributed by atoms with Gasteiger partial charge >= 0.3 is 12.0 Å². The second kappa shape index (κ2) is 8.50. The van der Waals surface area contributed by atoms with Gasteiger partial charge in [-0.1, -0.05) is 19.0 Å². The summed E-state index contributed by atoms with van der Waals surface area (Å²) >= 11 is 0. The number of ether oxygens (including phenoxy) is 1. The predicted octanol–water partition coefficient (Wildman–Crippen LogP) is 3.81. The molecular formula is C20H27N3O4. The molecule has 7 nitrogen and oxygen atoms in total. The van der Waals surface area contributed by atoms with Crippen molar-refractivity contribution in [2.45, 2.75) is 57.8 Å². The van der Waals surface area contributed by atoms with Gasteiger partial charge < -0.3 is 14.4 Å². The average molecular weight is 373 g/mol. The Hall–Kier alpha value is -2.44. The van der Waals surface area contributed by atoms with E-state index in [0.29, 0.717) is 23.6 Å². The smallest absolute Gasteiger partial charge is 0.316 e. The van der Waals surface area contributed by atoms with E-state index in [9.17, 15) is 9.90 Å². The van der Waals surface area contributed by atoms with E-state index in [1.165, 1.54) is 5.56 Å². The number of methoxy groups -OCH3 is 1. The van der Waals surface area contributed by atoms with Gasteiger partial charge in [0.25, 0.3) is 0 Å². The van der Waals surface area contributed by atoms with Crippen molar-refractivity contribution in [3.8, 4) is 6.01 Å². The van der Waals surface area contributed by atoms with Crippen LogP contribution >= 0.6 is 0 Å². The van der Waals surface area contributed by atoms with Gasteiger partial charge in [0.1, 0.15) is 5.92 Å². The fraction of sp³-hybridized carbons (Fsp3) is 0.600. The minimum absolute atomic E-state index is 0.0366. The quantitative estimate of drug-likeness (QED) is 0.788. The molecule has 7 heteroatoms. The molecule has 1 aliphatic rings. The summed E-state index contributed by atoms with van der Waals surface area (Å²) < 4.78 is 10.4. The Kier molecular flexibility index (Phi) is 6.08. The first-order valence-electron chi connectivity index (χ1n) is 9.52. The zero-order chi connectivity index (χ0) is 19.4. The summed E-state index contributed by atoms with van der Waals surface area (Å²) in [7, 11) is 1.56. The lowest BCUT2D eigenvalue weighted by Gasteiger charge is -2.27. The van der Waals surface area contributed by atoms with Crippen LogP contribution in [0.15, 0.2) is 23.0 Å². The van der Waals surface area contributed by atoms with Crippen molar-refractivity contribution in [2.24, 2.45) is 11.8 Å². The van der Waals surface area contributed by atoms with Crippen molar-refractivity contribution in [2.75, 3.05) is 7.11 Å². The van der Waals surface area contributed by atoms with Crippen LogP contribution in [0.5, 0.6) is 6.01 Å². The molecule has 1 aliphatic carbocycles. The Bertz CT molecular complexity index is 749. The van der Waals surface area contributed by atoms with Crippen molar-refractivity contribution in [1.29, 1.82) is 0 Å². The topological polar surface area (TPSA) is 98.3 Å². The fourth-order valence-corrected chi connectivity index (χ4v) is 3.94. The van der Waals surface area contributed by atoms with Gasteiger partial charge in [0.15, 0.2) is 5.76 Å². The molecule has 2 aromatic heterocycles. The molecule has 0 radical (unpaired) electrons. The van der Waals surface area contributed by atoms with Crippen molar-refractivity contribution >= 4 is 5.97 Å². The van der Waals surface area contributed by atoms with Crippen molar-refractivity contribution < 1.29 is 19.2 Å². The SMILES string of the molecule is COc1ncc(C2CCC(Cc3cc(C(C(=O)O)C(C)C)on3)CC2)cn1. The Morgan fingerprint density at radius 2 is 1.93 bits per heavy atom. The third kappa shape index (κ3) is 4.64. The lowest BCUT2D eigenvalue weighted by Crippen LogP contribution is -2.17. The zero-order valence-electron chi connectivity index (χ0n) is 16.1. The molecule has 0 aliphatic heterocycles. The van der Waals surface area contributed by atoms with Gasteiger partial charge in [-0.3, -0.25) is 4.79 Å². The first kappa shape index (κ1) is 19.3. The zero-order valence-corrected chi connectivity index (χ0v) is 16.1. The van der Waals surface area contributed by atoms with Gasteiger partial charge in [-0.2, -0.15) is 0 Å². The molecule has 1 saturated carbocycles. The Morgan fingerprint density at radius 1 is 1.26 bits per heavy atom. The van der Waals surface area contributed by atoms with Crippen molar-refractivity contribution in [3.63, 3.8) is 0 Å². The second-order valence-corrected chi connectivity index (χ2v) is 7.71. The molecule has 1 atom stereocenters. The van der Waals surface area contributed by atoms with E-state index in [1.54, 1.807) is 7.11 Å². The molecule has 146 valence electrons. The van der Waals surface area contributed by atoms with Crippen LogP contribution in [0.2, 0.25) is 0 Å². The maximum absolute atomic E-state index is 11.4. The molecule has 1 unspecified atom stereocenters. The number of nitrogens with zero attached hydrogens (tertiary/aromatic N) is 3. The van der Waals surface area contributed by atoms with E-state index in [1.807, 2.05) is 32.3 Å². The molecule has 1 N–H and O–H groups in total. The monoisotopic (exact) mass is 373 g/mol. The van der Waals surface area contributed by atoms with E-state index in [2.05, 4.69) is 15.1 Å². The van der Waals surface area contributed by atoms with Crippen LogP contribution in [0.1, 0.15) is 68.4 Å². The highest BCUT2D eigenvalue weighted by atomic mass is 16.5. The Labute approximate surface area is 159 Å². The van der Waals surface area contributed by atoms with Gasteiger partial charge in [-0.15, -0.1) is 0 Å². The minimum Gasteiger partial charge on any atom is -0.481 e. The third-order valence-electron chi connectivity index (χ3n) is 5.46. The van der Waals surface area contributed by atoms with Gasteiger partial charge in [-0.05, 0) is 55.4 Å². The molecular weight excluding hydrogens is 346 g/mol. The first-order chi connectivity index (χ1) is 13.0. The highest BCUT2D eigenvalue weighted by molar-refractivity contribution is 5.75. The summed E-state index contributed by atoms with van der Waals surface area (Å²) in [6, 6.07) is 2.22. The lowest BCUT2D eigenvalue weighted by molar-refractivity contribution is -0.140. The van der Waals surface area contributed by atoms with E-state index < -0.39 is 11.9 Å². The van der Waals surface area contributed by atoms with Crippen molar-refractivity contribution in [3.05, 3.63) is 35.5 Å². The van der Waals surface area contributed by atoms with Gasteiger partial charge in [0, 0.05) is 18.5 Å². The number of rotatable bonds is 7. The predicted molar refractivity (Wildman–Crippen MR) is 98.7 cm³/mol. The molecule has 2 aromatic rings. The summed E-state index contributed by atoms with van der Waals surface area (Å²) in [6.07, 6.45) is 8.94. The number of carbonyl (C=O) groups is 1. The highest BCUT2D eigenvalue weighted by Gasteiger charge is 2.29. The lowest BCUT2D eigenvalue weighted by atomic mass is 9.78. The van der Waals surface area contributed by atoms with Gasteiger partial charge in [0.05, 0.1) is 12.8 Å². The second-order valence-electron chi connectivity index (χ2n) is 7.71. The molecule has 27 heavy (non-hydrogen) atoms. The van der Waals surface area contributed by atoms with Crippen LogP contribution in [0.4, 0.5) is 0 Å². The fourth-order valence-electron chi connectivity index (χ4n) is 3.94. The summed E-state index contributed by atoms with van der Waals surface area (Å²) in [5.41, 5.74) is 2.02. The van der Waals surface area contributed by atoms with Gasteiger partial charge in [-0.25, -0.2) is 9.97 Å². The number of carboxylic acids is 1. The third-order valence-corrected chi connectivity index (χ3v) is 5.46. The average Bonchev–Trinajstić information content (AvgIpc) is 3.09. The molecule has 0 saturated heterocycles. The van der Waals surface area contributed by atoms with Crippen LogP contribution in [-0.4, -0.2) is 33.3 Å². The van der Waals surface area contributed by atoms with Crippen LogP contribution in [0, 0.1) is 11.8 Å². The Morgan fingerprint density at radius 3 is 2.48 bits per heavy atom.